The van der Waals surface area contributed by atoms with Gasteiger partial charge in [-0.15, -0.1) is 0 Å². The lowest BCUT2D eigenvalue weighted by Gasteiger charge is -2.31. The fourth-order valence-electron chi connectivity index (χ4n) is 5.39. The SMILES string of the molecule is CC[C@@]1(O)C(=O)OCc2c1cc1n(c2=O)Cc2c-1nc1cc(F)c(Cl)c3c1c2[C@@H](N)CC3.O=C(O)C(F)(F)F. The molecule has 4 N–H and O–H groups in total. The number of cyclic esters (lactones) is 1. The van der Waals surface area contributed by atoms with E-state index in [0.717, 1.165) is 16.5 Å². The number of carboxylic acid groups (broad SMARTS) is 1. The largest absolute Gasteiger partial charge is 0.490 e. The molecule has 2 aliphatic heterocycles. The molecule has 1 aromatic carbocycles. The highest BCUT2D eigenvalue weighted by Gasteiger charge is 2.46. The molecular formula is C25H20ClF4N3O6. The van der Waals surface area contributed by atoms with Gasteiger partial charge in [-0.3, -0.25) is 4.79 Å². The van der Waals surface area contributed by atoms with Crippen LogP contribution in [-0.2, 0) is 39.5 Å². The average Bonchev–Trinajstić information content (AvgIpc) is 3.24. The zero-order valence-electron chi connectivity index (χ0n) is 20.2. The summed E-state index contributed by atoms with van der Waals surface area (Å²) in [7, 11) is 0. The molecule has 14 heteroatoms. The van der Waals surface area contributed by atoms with Gasteiger partial charge in [0, 0.05) is 28.6 Å². The highest BCUT2D eigenvalue weighted by molar-refractivity contribution is 6.32. The standard InChI is InChI=1S/C23H19ClFN3O4.C2HF3O2/c1-2-23(31)12-5-16-20-10(7-28(16)21(29)11(12)8-32-22(23)30)17-14(26)4-3-9-18(17)15(27-20)6-13(25)19(9)24;3-2(4,5)1(6)7/h5-6,14,31H,2-4,7-8,26H2,1H3;(H,6,7)/t14-,23-;/m0./s1. The van der Waals surface area contributed by atoms with E-state index in [-0.39, 0.29) is 47.3 Å². The number of esters is 1. The van der Waals surface area contributed by atoms with Crippen molar-refractivity contribution in [3.8, 4) is 11.4 Å². The molecule has 2 atom stereocenters. The number of carboxylic acids is 1. The van der Waals surface area contributed by atoms with Crippen LogP contribution in [-0.4, -0.2) is 37.9 Å². The van der Waals surface area contributed by atoms with Crippen molar-refractivity contribution >= 4 is 34.4 Å². The zero-order valence-corrected chi connectivity index (χ0v) is 20.9. The van der Waals surface area contributed by atoms with Crippen molar-refractivity contribution in [3.05, 3.63) is 61.1 Å². The van der Waals surface area contributed by atoms with Gasteiger partial charge in [0.1, 0.15) is 12.4 Å². The van der Waals surface area contributed by atoms with Crippen LogP contribution < -0.4 is 11.3 Å². The number of ether oxygens (including phenoxy) is 1. The van der Waals surface area contributed by atoms with Gasteiger partial charge in [-0.2, -0.15) is 13.2 Å². The molecule has 3 aromatic rings. The average molecular weight is 570 g/mol. The van der Waals surface area contributed by atoms with E-state index in [2.05, 4.69) is 0 Å². The van der Waals surface area contributed by atoms with Gasteiger partial charge in [0.15, 0.2) is 5.60 Å². The summed E-state index contributed by atoms with van der Waals surface area (Å²) in [5.74, 6) is -4.08. The van der Waals surface area contributed by atoms with Crippen molar-refractivity contribution in [1.29, 1.82) is 0 Å². The molecule has 0 radical (unpaired) electrons. The monoisotopic (exact) mass is 569 g/mol. The highest BCUT2D eigenvalue weighted by atomic mass is 35.5. The molecule has 0 spiro atoms. The van der Waals surface area contributed by atoms with E-state index in [1.807, 2.05) is 0 Å². The molecule has 4 heterocycles. The van der Waals surface area contributed by atoms with Crippen molar-refractivity contribution in [2.75, 3.05) is 0 Å². The Morgan fingerprint density at radius 1 is 1.28 bits per heavy atom. The number of aliphatic hydroxyl groups is 1. The maximum atomic E-state index is 14.5. The van der Waals surface area contributed by atoms with Crippen LogP contribution in [0.2, 0.25) is 5.02 Å². The fourth-order valence-corrected chi connectivity index (χ4v) is 5.63. The second-order valence-corrected chi connectivity index (χ2v) is 9.83. The Morgan fingerprint density at radius 3 is 2.56 bits per heavy atom. The summed E-state index contributed by atoms with van der Waals surface area (Å²) in [4.78, 5) is 39.3. The van der Waals surface area contributed by atoms with Crippen molar-refractivity contribution in [2.45, 2.75) is 57.2 Å². The molecule has 206 valence electrons. The van der Waals surface area contributed by atoms with E-state index in [9.17, 15) is 32.3 Å². The van der Waals surface area contributed by atoms with Crippen LogP contribution in [0.25, 0.3) is 22.3 Å². The normalized spacial score (nSPS) is 20.9. The summed E-state index contributed by atoms with van der Waals surface area (Å²) in [5, 5.41) is 19.0. The lowest BCUT2D eigenvalue weighted by atomic mass is 9.83. The van der Waals surface area contributed by atoms with Gasteiger partial charge in [0.2, 0.25) is 0 Å². The van der Waals surface area contributed by atoms with Crippen LogP contribution in [0.5, 0.6) is 0 Å². The number of benzene rings is 1. The smallest absolute Gasteiger partial charge is 0.475 e. The molecule has 6 rings (SSSR count). The van der Waals surface area contributed by atoms with E-state index in [1.54, 1.807) is 17.6 Å². The Kier molecular flexibility index (Phi) is 6.24. The number of aromatic nitrogens is 2. The summed E-state index contributed by atoms with van der Waals surface area (Å²) >= 11 is 6.27. The van der Waals surface area contributed by atoms with Crippen LogP contribution >= 0.6 is 11.6 Å². The van der Waals surface area contributed by atoms with Gasteiger partial charge in [-0.25, -0.2) is 19.0 Å². The van der Waals surface area contributed by atoms with Gasteiger partial charge in [0.25, 0.3) is 5.56 Å². The predicted molar refractivity (Wildman–Crippen MR) is 128 cm³/mol. The summed E-state index contributed by atoms with van der Waals surface area (Å²) in [5.41, 5.74) is 8.44. The maximum absolute atomic E-state index is 14.5. The number of aryl methyl sites for hydroxylation is 1. The predicted octanol–water partition coefficient (Wildman–Crippen LogP) is 3.45. The van der Waals surface area contributed by atoms with Crippen LogP contribution in [0.3, 0.4) is 0 Å². The van der Waals surface area contributed by atoms with E-state index in [0.29, 0.717) is 35.3 Å². The first kappa shape index (κ1) is 27.0. The number of alkyl halides is 3. The molecule has 0 saturated heterocycles. The number of halogens is 5. The minimum atomic E-state index is -5.08. The van der Waals surface area contributed by atoms with Crippen molar-refractivity contribution < 1.29 is 42.1 Å². The number of nitrogens with two attached hydrogens (primary N) is 1. The number of carbonyl (C=O) groups excluding carboxylic acids is 1. The second-order valence-electron chi connectivity index (χ2n) is 9.45. The first-order valence-electron chi connectivity index (χ1n) is 11.8. The van der Waals surface area contributed by atoms with E-state index in [1.165, 1.54) is 6.07 Å². The molecule has 3 aliphatic rings. The third-order valence-corrected chi connectivity index (χ3v) is 7.74. The lowest BCUT2D eigenvalue weighted by Crippen LogP contribution is -2.44. The Balaban J connectivity index is 0.000000392. The van der Waals surface area contributed by atoms with Crippen LogP contribution in [0.4, 0.5) is 17.6 Å². The fraction of sp³-hybridized carbons (Fsp3) is 0.360. The lowest BCUT2D eigenvalue weighted by molar-refractivity contribution is -0.192. The number of nitrogens with zero attached hydrogens (tertiary/aromatic N) is 2. The van der Waals surface area contributed by atoms with E-state index < -0.39 is 29.5 Å². The van der Waals surface area contributed by atoms with Gasteiger partial charge >= 0.3 is 18.1 Å². The number of hydrogen-bond donors (Lipinski definition) is 3. The van der Waals surface area contributed by atoms with Crippen LogP contribution in [0.15, 0.2) is 16.9 Å². The molecule has 0 amide bonds. The molecule has 9 nitrogen and oxygen atoms in total. The highest BCUT2D eigenvalue weighted by Crippen LogP contribution is 2.46. The van der Waals surface area contributed by atoms with Crippen molar-refractivity contribution in [2.24, 2.45) is 5.73 Å². The minimum Gasteiger partial charge on any atom is -0.475 e. The van der Waals surface area contributed by atoms with Crippen molar-refractivity contribution in [1.82, 2.24) is 9.55 Å². The molecule has 1 aliphatic carbocycles. The molecule has 2 aromatic heterocycles. The Hall–Kier alpha value is -3.55. The number of carbonyl (C=O) groups is 2. The maximum Gasteiger partial charge on any atom is 0.490 e. The van der Waals surface area contributed by atoms with Crippen LogP contribution in [0, 0.1) is 5.82 Å². The number of aliphatic carboxylic acids is 1. The van der Waals surface area contributed by atoms with E-state index in [4.69, 9.17) is 37.0 Å². The zero-order chi connectivity index (χ0) is 28.6. The Morgan fingerprint density at radius 2 is 1.95 bits per heavy atom. The number of pyridine rings is 2. The van der Waals surface area contributed by atoms with Gasteiger partial charge < -0.3 is 25.3 Å². The topological polar surface area (TPSA) is 145 Å². The minimum absolute atomic E-state index is 0.0585. The third-order valence-electron chi connectivity index (χ3n) is 7.33. The van der Waals surface area contributed by atoms with Crippen molar-refractivity contribution in [3.63, 3.8) is 0 Å². The first-order valence-corrected chi connectivity index (χ1v) is 12.1. The molecular weight excluding hydrogens is 550 g/mol. The van der Waals surface area contributed by atoms with Gasteiger partial charge in [-0.05, 0) is 36.5 Å². The third kappa shape index (κ3) is 3.98. The molecule has 0 bridgehead atoms. The van der Waals surface area contributed by atoms with Gasteiger partial charge in [0.05, 0.1) is 34.0 Å². The summed E-state index contributed by atoms with van der Waals surface area (Å²) < 4.78 is 52.9. The number of hydrogen-bond acceptors (Lipinski definition) is 7. The molecule has 0 unspecified atom stereocenters. The number of fused-ring (bicyclic) bond motifs is 5. The summed E-state index contributed by atoms with van der Waals surface area (Å²) in [6, 6.07) is 2.63. The van der Waals surface area contributed by atoms with E-state index >= 15 is 0 Å². The molecule has 0 saturated carbocycles. The molecule has 0 fully saturated rings. The summed E-state index contributed by atoms with van der Waals surface area (Å²) in [6.07, 6.45) is -3.88. The Labute approximate surface area is 221 Å². The Bertz CT molecular complexity index is 1650. The summed E-state index contributed by atoms with van der Waals surface area (Å²) in [6.45, 7) is 1.70. The van der Waals surface area contributed by atoms with Gasteiger partial charge in [-0.1, -0.05) is 18.5 Å². The second kappa shape index (κ2) is 9.00. The number of rotatable bonds is 1. The van der Waals surface area contributed by atoms with Crippen LogP contribution in [0.1, 0.15) is 53.6 Å². The molecule has 39 heavy (non-hydrogen) atoms. The quantitative estimate of drug-likeness (QED) is 0.233. The first-order chi connectivity index (χ1) is 18.2.